The number of amides is 2. The Bertz CT molecular complexity index is 1230. The fourth-order valence-electron chi connectivity index (χ4n) is 3.80. The summed E-state index contributed by atoms with van der Waals surface area (Å²) in [6, 6.07) is 5.10. The quantitative estimate of drug-likeness (QED) is 0.129. The number of fused-ring (bicyclic) bond motifs is 1. The topological polar surface area (TPSA) is 214 Å². The van der Waals surface area contributed by atoms with E-state index in [1.807, 2.05) is 0 Å². The second-order valence-corrected chi connectivity index (χ2v) is 9.92. The van der Waals surface area contributed by atoms with Crippen LogP contribution in [0.3, 0.4) is 0 Å². The van der Waals surface area contributed by atoms with E-state index in [-0.39, 0.29) is 125 Å². The maximum absolute atomic E-state index is 12.9. The summed E-state index contributed by atoms with van der Waals surface area (Å²) in [4.78, 5) is 49.9. The van der Waals surface area contributed by atoms with Gasteiger partial charge in [0.05, 0.1) is 18.8 Å². The molecule has 1 saturated heterocycles. The number of hydrogen-bond donors (Lipinski definition) is 3. The van der Waals surface area contributed by atoms with E-state index < -0.39 is 58.6 Å². The molecule has 2 aromatic rings. The molecule has 0 spiro atoms. The van der Waals surface area contributed by atoms with Crippen molar-refractivity contribution < 1.29 is 142 Å². The fourth-order valence-corrected chi connectivity index (χ4v) is 6.33. The molecular formula is C20H18K2N6O8S2. The largest absolute Gasteiger partial charge is 1.00 e. The Kier molecular flexibility index (Phi) is 13.4. The third-order valence-corrected chi connectivity index (χ3v) is 7.90. The first-order chi connectivity index (χ1) is 17.2. The number of aromatic nitrogens is 4. The number of carbonyl (C=O) groups excluding carboxylic acids is 4. The summed E-state index contributed by atoms with van der Waals surface area (Å²) in [6.07, 6.45) is -2.17. The molecule has 14 nitrogen and oxygen atoms in total. The van der Waals surface area contributed by atoms with E-state index in [1.54, 1.807) is 12.1 Å². The molecule has 3 unspecified atom stereocenters. The van der Waals surface area contributed by atoms with E-state index in [9.17, 15) is 34.5 Å². The van der Waals surface area contributed by atoms with Crippen LogP contribution < -0.4 is 123 Å². The van der Waals surface area contributed by atoms with Gasteiger partial charge in [-0.25, -0.2) is 5.10 Å². The summed E-state index contributed by atoms with van der Waals surface area (Å²) in [5.41, 5.74) is -0.112. The van der Waals surface area contributed by atoms with E-state index in [0.717, 1.165) is 28.4 Å². The van der Waals surface area contributed by atoms with Gasteiger partial charge in [0.15, 0.2) is 6.10 Å². The smallest absolute Gasteiger partial charge is 0.550 e. The van der Waals surface area contributed by atoms with Gasteiger partial charge in [0.25, 0.3) is 11.8 Å². The van der Waals surface area contributed by atoms with E-state index in [1.165, 1.54) is 19.2 Å². The van der Waals surface area contributed by atoms with E-state index in [0.29, 0.717) is 5.75 Å². The van der Waals surface area contributed by atoms with Crippen molar-refractivity contribution in [1.82, 2.24) is 30.8 Å². The average Bonchev–Trinajstić information content (AvgIpc) is 3.38. The number of tetrazole rings is 1. The maximum Gasteiger partial charge on any atom is 1.00 e. The van der Waals surface area contributed by atoms with Gasteiger partial charge < -0.3 is 35.0 Å². The number of methoxy groups -OCH3 is 1. The van der Waals surface area contributed by atoms with Crippen molar-refractivity contribution in [1.29, 1.82) is 0 Å². The number of thioether (sulfide) groups is 2. The first-order valence-corrected chi connectivity index (χ1v) is 12.3. The molecule has 2 amide bonds. The van der Waals surface area contributed by atoms with Crippen LogP contribution in [0, 0.1) is 0 Å². The second-order valence-electron chi connectivity index (χ2n) is 7.63. The number of nitrogens with one attached hydrogen (secondary N) is 2. The third kappa shape index (κ3) is 7.48. The van der Waals surface area contributed by atoms with Gasteiger partial charge in [-0.15, -0.1) is 16.9 Å². The second kappa shape index (κ2) is 15.0. The van der Waals surface area contributed by atoms with Gasteiger partial charge in [0.2, 0.25) is 5.16 Å². The predicted molar refractivity (Wildman–Crippen MR) is 118 cm³/mol. The van der Waals surface area contributed by atoms with Crippen LogP contribution in [0.1, 0.15) is 18.1 Å². The number of carboxylic acid groups (broad SMARTS) is 2. The summed E-state index contributed by atoms with van der Waals surface area (Å²) in [5.74, 6) is -4.26. The Balaban J connectivity index is 0.00000253. The van der Waals surface area contributed by atoms with Gasteiger partial charge in [-0.1, -0.05) is 23.9 Å². The number of benzene rings is 1. The number of nitrogens with zero attached hydrogens (tertiary/aromatic N) is 4. The minimum atomic E-state index is -1.68. The van der Waals surface area contributed by atoms with Crippen molar-refractivity contribution in [2.75, 3.05) is 12.9 Å². The first kappa shape index (κ1) is 33.8. The molecule has 190 valence electrons. The number of rotatable bonds is 10. The molecule has 2 aliphatic rings. The van der Waals surface area contributed by atoms with Crippen molar-refractivity contribution in [3.63, 3.8) is 0 Å². The number of hydrogen-bond acceptors (Lipinski definition) is 13. The molecule has 0 saturated carbocycles. The Morgan fingerprint density at radius 3 is 2.68 bits per heavy atom. The summed E-state index contributed by atoms with van der Waals surface area (Å²) in [5, 5.41) is 47.6. The monoisotopic (exact) mass is 612 g/mol. The van der Waals surface area contributed by atoms with Gasteiger partial charge in [0, 0.05) is 23.4 Å². The Morgan fingerprint density at radius 2 is 2.08 bits per heavy atom. The number of ether oxygens (including phenoxy) is 1. The van der Waals surface area contributed by atoms with Gasteiger partial charge in [-0.3, -0.25) is 14.5 Å². The van der Waals surface area contributed by atoms with E-state index >= 15 is 0 Å². The SMILES string of the molecule is COc1cccc(C(O)C(=O)NC2C(=O)N3C(C(=O)[O-])=C(C(CC(=O)[O-])Sc4nnn[nH]4)CS[C@@H]23)c1.[K+].[K+]. The molecule has 1 aromatic heterocycles. The number of β-lactam (4-membered cyclic amide) rings is 1. The van der Waals surface area contributed by atoms with Crippen LogP contribution in [0.5, 0.6) is 5.75 Å². The van der Waals surface area contributed by atoms with E-state index in [2.05, 4.69) is 25.9 Å². The number of carboxylic acids is 2. The molecule has 38 heavy (non-hydrogen) atoms. The van der Waals surface area contributed by atoms with Crippen molar-refractivity contribution in [3.8, 4) is 5.75 Å². The number of aliphatic carboxylic acids is 2. The van der Waals surface area contributed by atoms with Crippen LogP contribution in [-0.4, -0.2) is 83.9 Å². The number of aromatic amines is 1. The zero-order valence-electron chi connectivity index (χ0n) is 20.4. The molecule has 18 heteroatoms. The van der Waals surface area contributed by atoms with Gasteiger partial charge >= 0.3 is 103 Å². The predicted octanol–water partition coefficient (Wildman–Crippen LogP) is -9.05. The summed E-state index contributed by atoms with van der Waals surface area (Å²) >= 11 is 2.00. The van der Waals surface area contributed by atoms with Crippen LogP contribution in [0.2, 0.25) is 0 Å². The summed E-state index contributed by atoms with van der Waals surface area (Å²) in [7, 11) is 1.43. The molecule has 0 radical (unpaired) electrons. The Labute approximate surface area is 309 Å². The van der Waals surface area contributed by atoms with Crippen molar-refractivity contribution in [2.24, 2.45) is 0 Å². The zero-order chi connectivity index (χ0) is 26.0. The van der Waals surface area contributed by atoms with Gasteiger partial charge in [-0.2, -0.15) is 0 Å². The number of aliphatic hydroxyl groups is 1. The van der Waals surface area contributed by atoms with Gasteiger partial charge in [-0.05, 0) is 33.7 Å². The minimum absolute atomic E-state index is 0. The normalized spacial score (nSPS) is 19.6. The fraction of sp³-hybridized carbons (Fsp3) is 0.350. The summed E-state index contributed by atoms with van der Waals surface area (Å²) in [6.45, 7) is 0. The Hall–Kier alpha value is -0.357. The standard InChI is InChI=1S/C20H20N6O8S2.2K/c1-34-9-4-2-3-8(5-9)15(29)16(30)21-13-17(31)26-14(19(32)33)10(7-35-18(13)26)11(6-12(27)28)36-20-22-24-25-23-20;;/h2-5,11,13,15,18,29H,6-7H2,1H3,(H,21,30)(H,27,28)(H,32,33)(H,22,23,24,25);;/q;2*+1/p-2/t11?,13?,15?,18-;;/m0../s1. The molecule has 2 aliphatic heterocycles. The van der Waals surface area contributed by atoms with Crippen molar-refractivity contribution in [3.05, 3.63) is 41.1 Å². The molecule has 3 heterocycles. The molecule has 4 atom stereocenters. The molecule has 0 aliphatic carbocycles. The maximum atomic E-state index is 12.9. The van der Waals surface area contributed by atoms with Gasteiger partial charge in [0.1, 0.15) is 17.2 Å². The van der Waals surface area contributed by atoms with Crippen molar-refractivity contribution in [2.45, 2.75) is 34.3 Å². The van der Waals surface area contributed by atoms with E-state index in [4.69, 9.17) is 4.74 Å². The van der Waals surface area contributed by atoms with Crippen LogP contribution in [0.15, 0.2) is 40.7 Å². The average molecular weight is 613 g/mol. The van der Waals surface area contributed by atoms with Crippen LogP contribution >= 0.6 is 23.5 Å². The molecule has 3 N–H and O–H groups in total. The third-order valence-electron chi connectivity index (χ3n) is 5.47. The molecule has 1 aromatic carbocycles. The molecule has 1 fully saturated rings. The van der Waals surface area contributed by atoms with Crippen LogP contribution in [-0.2, 0) is 19.2 Å². The number of H-pyrrole nitrogens is 1. The van der Waals surface area contributed by atoms with Crippen molar-refractivity contribution >= 4 is 47.3 Å². The van der Waals surface area contributed by atoms with Crippen LogP contribution in [0.25, 0.3) is 0 Å². The Morgan fingerprint density at radius 1 is 1.34 bits per heavy atom. The van der Waals surface area contributed by atoms with Crippen LogP contribution in [0.4, 0.5) is 0 Å². The minimum Gasteiger partial charge on any atom is -0.550 e. The summed E-state index contributed by atoms with van der Waals surface area (Å²) < 4.78 is 5.08. The zero-order valence-corrected chi connectivity index (χ0v) is 28.3. The molecule has 4 rings (SSSR count). The number of carbonyl (C=O) groups is 4. The first-order valence-electron chi connectivity index (χ1n) is 10.3. The number of aliphatic hydroxyl groups excluding tert-OH is 1. The molecule has 0 bridgehead atoms. The molecular weight excluding hydrogens is 595 g/mol.